The molecule has 0 aromatic rings. The number of halogens is 3. The molecule has 1 fully saturated rings. The van der Waals surface area contributed by atoms with Gasteiger partial charge in [0.1, 0.15) is 6.04 Å². The van der Waals surface area contributed by atoms with Gasteiger partial charge in [0.2, 0.25) is 0 Å². The van der Waals surface area contributed by atoms with Gasteiger partial charge in [-0.05, 0) is 27.2 Å². The molecule has 0 saturated carbocycles. The molecule has 1 nitrogen and oxygen atoms in total. The summed E-state index contributed by atoms with van der Waals surface area (Å²) in [5, 5.41) is 0. The molecule has 1 aliphatic heterocycles. The van der Waals surface area contributed by atoms with Crippen LogP contribution in [0.2, 0.25) is 0 Å². The van der Waals surface area contributed by atoms with Crippen molar-refractivity contribution in [3.63, 3.8) is 0 Å². The second-order valence-electron chi connectivity index (χ2n) is 4.21. The van der Waals surface area contributed by atoms with Crippen LogP contribution in [-0.4, -0.2) is 29.2 Å². The molecule has 0 N–H and O–H groups in total. The second kappa shape index (κ2) is 2.62. The molecule has 12 heavy (non-hydrogen) atoms. The van der Waals surface area contributed by atoms with Crippen molar-refractivity contribution in [2.45, 2.75) is 44.9 Å². The van der Waals surface area contributed by atoms with Gasteiger partial charge in [-0.1, -0.05) is 0 Å². The smallest absolute Gasteiger partial charge is 0.287 e. The first-order valence-corrected chi connectivity index (χ1v) is 4.06. The first kappa shape index (κ1) is 9.84. The van der Waals surface area contributed by atoms with Crippen LogP contribution >= 0.6 is 0 Å². The molecule has 0 spiro atoms. The summed E-state index contributed by atoms with van der Waals surface area (Å²) >= 11 is 0. The van der Waals surface area contributed by atoms with E-state index in [1.165, 1.54) is 4.90 Å². The maximum atomic E-state index is 12.2. The van der Waals surface area contributed by atoms with E-state index in [2.05, 4.69) is 0 Å². The van der Waals surface area contributed by atoms with Gasteiger partial charge in [-0.15, -0.1) is 0 Å². The summed E-state index contributed by atoms with van der Waals surface area (Å²) in [4.78, 5) is 1.49. The summed E-state index contributed by atoms with van der Waals surface area (Å²) in [6.45, 7) is 5.99. The van der Waals surface area contributed by atoms with E-state index in [9.17, 15) is 13.2 Å². The van der Waals surface area contributed by atoms with Gasteiger partial charge in [-0.25, -0.2) is 0 Å². The zero-order chi connectivity index (χ0) is 9.57. The zero-order valence-corrected chi connectivity index (χ0v) is 7.57. The van der Waals surface area contributed by atoms with Gasteiger partial charge in [0.25, 0.3) is 0 Å². The second-order valence-corrected chi connectivity index (χ2v) is 4.21. The summed E-state index contributed by atoms with van der Waals surface area (Å²) < 4.78 is 36.7. The lowest BCUT2D eigenvalue weighted by molar-refractivity contribution is -0.226. The average molecular weight is 181 g/mol. The van der Waals surface area contributed by atoms with E-state index in [4.69, 9.17) is 0 Å². The Labute approximate surface area is 70.5 Å². The lowest BCUT2D eigenvalue weighted by atomic mass is 9.93. The molecule has 0 aliphatic carbocycles. The molecule has 1 aliphatic rings. The Morgan fingerprint density at radius 1 is 1.17 bits per heavy atom. The molecule has 1 saturated heterocycles. The minimum absolute atomic E-state index is 0.251. The van der Waals surface area contributed by atoms with Gasteiger partial charge in [0.05, 0.1) is 0 Å². The van der Waals surface area contributed by atoms with Crippen molar-refractivity contribution in [1.82, 2.24) is 4.90 Å². The van der Waals surface area contributed by atoms with Crippen molar-refractivity contribution < 1.29 is 13.2 Å². The zero-order valence-electron chi connectivity index (χ0n) is 7.57. The van der Waals surface area contributed by atoms with Crippen molar-refractivity contribution >= 4 is 0 Å². The van der Waals surface area contributed by atoms with E-state index in [1.54, 1.807) is 0 Å². The molecule has 1 atom stereocenters. The molecule has 0 amide bonds. The standard InChI is InChI=1S/C8H14F3N/c1-7(2,3)12-5-4-6(12)8(9,10)11/h6H,4-5H2,1-3H3. The Morgan fingerprint density at radius 3 is 1.75 bits per heavy atom. The minimum atomic E-state index is -4.05. The van der Waals surface area contributed by atoms with Crippen LogP contribution in [0.1, 0.15) is 27.2 Å². The molecular formula is C8H14F3N. The van der Waals surface area contributed by atoms with Crippen molar-refractivity contribution in [3.8, 4) is 0 Å². The Hall–Kier alpha value is -0.250. The average Bonchev–Trinajstić information content (AvgIpc) is 1.46. The number of likely N-dealkylation sites (tertiary alicyclic amines) is 1. The highest BCUT2D eigenvalue weighted by atomic mass is 19.4. The van der Waals surface area contributed by atoms with Gasteiger partial charge in [0.15, 0.2) is 0 Å². The quantitative estimate of drug-likeness (QED) is 0.554. The fourth-order valence-corrected chi connectivity index (χ4v) is 1.53. The molecule has 0 aromatic heterocycles. The van der Waals surface area contributed by atoms with Gasteiger partial charge < -0.3 is 0 Å². The van der Waals surface area contributed by atoms with Gasteiger partial charge in [0, 0.05) is 12.1 Å². The maximum absolute atomic E-state index is 12.2. The van der Waals surface area contributed by atoms with Gasteiger partial charge >= 0.3 is 6.18 Å². The lowest BCUT2D eigenvalue weighted by Crippen LogP contribution is -2.62. The minimum Gasteiger partial charge on any atom is -0.287 e. The number of hydrogen-bond acceptors (Lipinski definition) is 1. The number of rotatable bonds is 0. The molecule has 0 radical (unpaired) electrons. The van der Waals surface area contributed by atoms with Crippen LogP contribution < -0.4 is 0 Å². The fourth-order valence-electron chi connectivity index (χ4n) is 1.53. The van der Waals surface area contributed by atoms with E-state index in [0.29, 0.717) is 6.54 Å². The summed E-state index contributed by atoms with van der Waals surface area (Å²) in [7, 11) is 0. The molecule has 1 unspecified atom stereocenters. The summed E-state index contributed by atoms with van der Waals surface area (Å²) in [6, 6.07) is -1.21. The monoisotopic (exact) mass is 181 g/mol. The van der Waals surface area contributed by atoms with E-state index in [0.717, 1.165) is 0 Å². The van der Waals surface area contributed by atoms with Crippen LogP contribution in [0.4, 0.5) is 13.2 Å². The highest BCUT2D eigenvalue weighted by Crippen LogP contribution is 2.37. The number of hydrogen-bond donors (Lipinski definition) is 0. The van der Waals surface area contributed by atoms with Crippen LogP contribution in [0, 0.1) is 0 Å². The van der Waals surface area contributed by atoms with Gasteiger partial charge in [-0.2, -0.15) is 13.2 Å². The number of alkyl halides is 3. The number of nitrogens with zero attached hydrogens (tertiary/aromatic N) is 1. The van der Waals surface area contributed by atoms with Crippen LogP contribution in [0.5, 0.6) is 0 Å². The molecule has 1 rings (SSSR count). The van der Waals surface area contributed by atoms with Crippen LogP contribution in [0.15, 0.2) is 0 Å². The van der Waals surface area contributed by atoms with Crippen LogP contribution in [-0.2, 0) is 0 Å². The van der Waals surface area contributed by atoms with Crippen LogP contribution in [0.3, 0.4) is 0 Å². The molecule has 4 heteroatoms. The largest absolute Gasteiger partial charge is 0.404 e. The Balaban J connectivity index is 2.62. The SMILES string of the molecule is CC(C)(C)N1CCC1C(F)(F)F. The Bertz CT molecular complexity index is 148. The third-order valence-electron chi connectivity index (χ3n) is 2.26. The molecule has 0 bridgehead atoms. The normalized spacial score (nSPS) is 27.0. The van der Waals surface area contributed by atoms with Gasteiger partial charge in [-0.3, -0.25) is 4.90 Å². The lowest BCUT2D eigenvalue weighted by Gasteiger charge is -2.49. The summed E-state index contributed by atoms with van der Waals surface area (Å²) in [5.74, 6) is 0. The highest BCUT2D eigenvalue weighted by molar-refractivity contribution is 4.95. The Kier molecular flexibility index (Phi) is 2.15. The predicted octanol–water partition coefficient (Wildman–Crippen LogP) is 2.42. The summed E-state index contributed by atoms with van der Waals surface area (Å²) in [6.07, 6.45) is -3.80. The van der Waals surface area contributed by atoms with Crippen molar-refractivity contribution in [2.24, 2.45) is 0 Å². The highest BCUT2D eigenvalue weighted by Gasteiger charge is 2.51. The van der Waals surface area contributed by atoms with E-state index >= 15 is 0 Å². The van der Waals surface area contributed by atoms with E-state index in [1.807, 2.05) is 20.8 Å². The molecule has 0 aromatic carbocycles. The predicted molar refractivity (Wildman–Crippen MR) is 40.9 cm³/mol. The first-order chi connectivity index (χ1) is 5.23. The van der Waals surface area contributed by atoms with E-state index < -0.39 is 12.2 Å². The van der Waals surface area contributed by atoms with E-state index in [-0.39, 0.29) is 12.0 Å². The first-order valence-electron chi connectivity index (χ1n) is 4.06. The third-order valence-corrected chi connectivity index (χ3v) is 2.26. The molecule has 72 valence electrons. The van der Waals surface area contributed by atoms with Crippen molar-refractivity contribution in [1.29, 1.82) is 0 Å². The van der Waals surface area contributed by atoms with Crippen LogP contribution in [0.25, 0.3) is 0 Å². The molecular weight excluding hydrogens is 167 g/mol. The molecule has 1 heterocycles. The third kappa shape index (κ3) is 1.73. The van der Waals surface area contributed by atoms with Crippen molar-refractivity contribution in [3.05, 3.63) is 0 Å². The maximum Gasteiger partial charge on any atom is 0.404 e. The van der Waals surface area contributed by atoms with Crippen molar-refractivity contribution in [2.75, 3.05) is 6.54 Å². The Morgan fingerprint density at radius 2 is 1.67 bits per heavy atom. The fraction of sp³-hybridized carbons (Fsp3) is 1.00. The summed E-state index contributed by atoms with van der Waals surface area (Å²) in [5.41, 5.74) is -0.363. The topological polar surface area (TPSA) is 3.24 Å².